The van der Waals surface area contributed by atoms with Crippen molar-refractivity contribution in [2.75, 3.05) is 25.1 Å². The number of ether oxygens (including phenoxy) is 1. The Morgan fingerprint density at radius 3 is 2.52 bits per heavy atom. The number of benzene rings is 2. The molecule has 1 N–H and O–H groups in total. The van der Waals surface area contributed by atoms with Crippen LogP contribution in [0.4, 0.5) is 5.69 Å². The lowest BCUT2D eigenvalue weighted by Gasteiger charge is -2.20. The summed E-state index contributed by atoms with van der Waals surface area (Å²) in [5, 5.41) is 4.06. The quantitative estimate of drug-likeness (QED) is 0.672. The van der Waals surface area contributed by atoms with Crippen molar-refractivity contribution >= 4 is 17.8 Å². The molecule has 1 aliphatic heterocycles. The van der Waals surface area contributed by atoms with Gasteiger partial charge >= 0.3 is 0 Å². The fourth-order valence-electron chi connectivity index (χ4n) is 3.04. The lowest BCUT2D eigenvalue weighted by molar-refractivity contribution is 0.0955. The second kappa shape index (κ2) is 7.83. The molecule has 1 aliphatic rings. The Bertz CT molecular complexity index is 763. The van der Waals surface area contributed by atoms with Gasteiger partial charge in [-0.05, 0) is 67.3 Å². The van der Waals surface area contributed by atoms with Gasteiger partial charge in [0.1, 0.15) is 5.75 Å². The summed E-state index contributed by atoms with van der Waals surface area (Å²) in [5.41, 5.74) is 6.58. The zero-order valence-electron chi connectivity index (χ0n) is 14.7. The minimum atomic E-state index is -0.246. The van der Waals surface area contributed by atoms with Gasteiger partial charge in [-0.2, -0.15) is 5.10 Å². The van der Waals surface area contributed by atoms with E-state index in [4.69, 9.17) is 4.74 Å². The molecule has 0 unspecified atom stereocenters. The molecular weight excluding hydrogens is 314 g/mol. The van der Waals surface area contributed by atoms with Crippen molar-refractivity contribution in [1.29, 1.82) is 0 Å². The van der Waals surface area contributed by atoms with Crippen molar-refractivity contribution in [2.24, 2.45) is 5.10 Å². The maximum absolute atomic E-state index is 12.1. The molecule has 5 heteroatoms. The van der Waals surface area contributed by atoms with Crippen molar-refractivity contribution in [1.82, 2.24) is 5.43 Å². The van der Waals surface area contributed by atoms with E-state index in [0.29, 0.717) is 11.3 Å². The third-order valence-electron chi connectivity index (χ3n) is 4.40. The molecule has 1 heterocycles. The topological polar surface area (TPSA) is 53.9 Å². The number of carbonyl (C=O) groups is 1. The van der Waals surface area contributed by atoms with Crippen LogP contribution in [0.3, 0.4) is 0 Å². The average molecular weight is 337 g/mol. The van der Waals surface area contributed by atoms with Gasteiger partial charge in [0.15, 0.2) is 0 Å². The lowest BCUT2D eigenvalue weighted by Crippen LogP contribution is -2.19. The van der Waals surface area contributed by atoms with E-state index in [1.165, 1.54) is 24.1 Å². The lowest BCUT2D eigenvalue weighted by atomic mass is 10.1. The van der Waals surface area contributed by atoms with Gasteiger partial charge in [-0.1, -0.05) is 6.07 Å². The van der Waals surface area contributed by atoms with Crippen LogP contribution in [0, 0.1) is 6.92 Å². The number of anilines is 1. The number of hydrogen-bond acceptors (Lipinski definition) is 4. The van der Waals surface area contributed by atoms with Crippen molar-refractivity contribution < 1.29 is 9.53 Å². The van der Waals surface area contributed by atoms with Crippen LogP contribution in [0.1, 0.15) is 34.3 Å². The van der Waals surface area contributed by atoms with Crippen molar-refractivity contribution in [3.8, 4) is 5.75 Å². The predicted octanol–water partition coefficient (Wildman–Crippen LogP) is 3.37. The van der Waals surface area contributed by atoms with E-state index in [0.717, 1.165) is 18.7 Å². The molecule has 0 saturated carbocycles. The molecule has 0 radical (unpaired) electrons. The molecule has 2 aromatic carbocycles. The first-order chi connectivity index (χ1) is 12.2. The van der Waals surface area contributed by atoms with Gasteiger partial charge in [-0.15, -0.1) is 0 Å². The SMILES string of the molecule is COc1ccc(C(=O)N/N=C/c2ccc(N3CCCC3)c(C)c2)cc1. The zero-order chi connectivity index (χ0) is 17.6. The van der Waals surface area contributed by atoms with Crippen LogP contribution in [-0.2, 0) is 0 Å². The summed E-state index contributed by atoms with van der Waals surface area (Å²) in [7, 11) is 1.59. The number of methoxy groups -OCH3 is 1. The van der Waals surface area contributed by atoms with Crippen LogP contribution < -0.4 is 15.1 Å². The van der Waals surface area contributed by atoms with Crippen LogP contribution in [0.5, 0.6) is 5.75 Å². The maximum atomic E-state index is 12.1. The molecule has 5 nitrogen and oxygen atoms in total. The van der Waals surface area contributed by atoms with Crippen molar-refractivity contribution in [3.05, 3.63) is 59.2 Å². The third-order valence-corrected chi connectivity index (χ3v) is 4.40. The highest BCUT2D eigenvalue weighted by molar-refractivity contribution is 5.95. The first-order valence-corrected chi connectivity index (χ1v) is 8.50. The van der Waals surface area contributed by atoms with Crippen LogP contribution in [-0.4, -0.2) is 32.3 Å². The van der Waals surface area contributed by atoms with E-state index < -0.39 is 0 Å². The monoisotopic (exact) mass is 337 g/mol. The zero-order valence-corrected chi connectivity index (χ0v) is 14.7. The van der Waals surface area contributed by atoms with E-state index in [1.54, 1.807) is 37.6 Å². The number of hydrogen-bond donors (Lipinski definition) is 1. The molecule has 0 bridgehead atoms. The fourth-order valence-corrected chi connectivity index (χ4v) is 3.04. The molecule has 3 rings (SSSR count). The Balaban J connectivity index is 1.61. The third kappa shape index (κ3) is 4.18. The molecule has 1 saturated heterocycles. The number of aryl methyl sites for hydroxylation is 1. The highest BCUT2D eigenvalue weighted by atomic mass is 16.5. The van der Waals surface area contributed by atoms with E-state index in [-0.39, 0.29) is 5.91 Å². The second-order valence-electron chi connectivity index (χ2n) is 6.17. The highest BCUT2D eigenvalue weighted by Gasteiger charge is 2.14. The molecule has 130 valence electrons. The van der Waals surface area contributed by atoms with Gasteiger partial charge in [0, 0.05) is 24.3 Å². The largest absolute Gasteiger partial charge is 0.497 e. The summed E-state index contributed by atoms with van der Waals surface area (Å²) in [6.07, 6.45) is 4.20. The number of carbonyl (C=O) groups excluding carboxylic acids is 1. The molecule has 25 heavy (non-hydrogen) atoms. The van der Waals surface area contributed by atoms with Gasteiger partial charge in [-0.3, -0.25) is 4.79 Å². The summed E-state index contributed by atoms with van der Waals surface area (Å²) in [4.78, 5) is 14.5. The highest BCUT2D eigenvalue weighted by Crippen LogP contribution is 2.24. The van der Waals surface area contributed by atoms with Crippen LogP contribution in [0.15, 0.2) is 47.6 Å². The summed E-state index contributed by atoms with van der Waals surface area (Å²) in [6.45, 7) is 4.37. The number of hydrazone groups is 1. The van der Waals surface area contributed by atoms with Crippen molar-refractivity contribution in [3.63, 3.8) is 0 Å². The molecular formula is C20H23N3O2. The summed E-state index contributed by atoms with van der Waals surface area (Å²) in [6, 6.07) is 13.2. The summed E-state index contributed by atoms with van der Waals surface area (Å²) >= 11 is 0. The average Bonchev–Trinajstić information content (AvgIpc) is 3.16. The number of nitrogens with one attached hydrogen (secondary N) is 1. The normalized spacial score (nSPS) is 14.1. The first kappa shape index (κ1) is 17.0. The Labute approximate surface area is 148 Å². The Morgan fingerprint density at radius 1 is 1.16 bits per heavy atom. The molecule has 0 aliphatic carbocycles. The first-order valence-electron chi connectivity index (χ1n) is 8.50. The van der Waals surface area contributed by atoms with Crippen LogP contribution in [0.2, 0.25) is 0 Å². The fraction of sp³-hybridized carbons (Fsp3) is 0.300. The minimum absolute atomic E-state index is 0.246. The Kier molecular flexibility index (Phi) is 5.33. The molecule has 1 amide bonds. The molecule has 2 aromatic rings. The summed E-state index contributed by atoms with van der Waals surface area (Å²) in [5.74, 6) is 0.470. The molecule has 1 fully saturated rings. The summed E-state index contributed by atoms with van der Waals surface area (Å²) < 4.78 is 5.08. The second-order valence-corrected chi connectivity index (χ2v) is 6.17. The molecule has 0 spiro atoms. The van der Waals surface area contributed by atoms with Gasteiger partial charge in [0.25, 0.3) is 5.91 Å². The Hall–Kier alpha value is -2.82. The minimum Gasteiger partial charge on any atom is -0.497 e. The predicted molar refractivity (Wildman–Crippen MR) is 101 cm³/mol. The smallest absolute Gasteiger partial charge is 0.271 e. The standard InChI is InChI=1S/C20H23N3O2/c1-15-13-16(5-10-19(15)23-11-3-4-12-23)14-21-22-20(24)17-6-8-18(25-2)9-7-17/h5-10,13-14H,3-4,11-12H2,1-2H3,(H,22,24)/b21-14+. The van der Waals surface area contributed by atoms with E-state index in [2.05, 4.69) is 34.5 Å². The van der Waals surface area contributed by atoms with E-state index in [1.807, 2.05) is 6.07 Å². The van der Waals surface area contributed by atoms with Gasteiger partial charge in [0.05, 0.1) is 13.3 Å². The number of rotatable bonds is 5. The Morgan fingerprint density at radius 2 is 1.88 bits per heavy atom. The van der Waals surface area contributed by atoms with Crippen LogP contribution in [0.25, 0.3) is 0 Å². The van der Waals surface area contributed by atoms with Gasteiger partial charge < -0.3 is 9.64 Å². The maximum Gasteiger partial charge on any atom is 0.271 e. The van der Waals surface area contributed by atoms with Gasteiger partial charge in [-0.25, -0.2) is 5.43 Å². The van der Waals surface area contributed by atoms with Gasteiger partial charge in [0.2, 0.25) is 0 Å². The number of amides is 1. The van der Waals surface area contributed by atoms with E-state index in [9.17, 15) is 4.79 Å². The number of nitrogens with zero attached hydrogens (tertiary/aromatic N) is 2. The molecule has 0 atom stereocenters. The van der Waals surface area contributed by atoms with E-state index >= 15 is 0 Å². The van der Waals surface area contributed by atoms with Crippen molar-refractivity contribution in [2.45, 2.75) is 19.8 Å². The van der Waals surface area contributed by atoms with Crippen LogP contribution >= 0.6 is 0 Å². The molecule has 0 aromatic heterocycles.